The van der Waals surface area contributed by atoms with Crippen LogP contribution in [0.3, 0.4) is 0 Å². The average Bonchev–Trinajstić information content (AvgIpc) is 2.76. The van der Waals surface area contributed by atoms with Gasteiger partial charge in [-0.3, -0.25) is 0 Å². The van der Waals surface area contributed by atoms with Crippen LogP contribution in [0.15, 0.2) is 33.6 Å². The number of hydrogen-bond donors (Lipinski definition) is 2. The third-order valence-corrected chi connectivity index (χ3v) is 5.36. The summed E-state index contributed by atoms with van der Waals surface area (Å²) < 4.78 is 27.8. The fourth-order valence-electron chi connectivity index (χ4n) is 2.29. The molecule has 1 aliphatic rings. The molecule has 0 bridgehead atoms. The van der Waals surface area contributed by atoms with E-state index >= 15 is 0 Å². The van der Waals surface area contributed by atoms with Crippen LogP contribution in [0.25, 0.3) is 0 Å². The Kier molecular flexibility index (Phi) is 4.42. The molecule has 1 aromatic carbocycles. The molecule has 0 amide bonds. The van der Waals surface area contributed by atoms with Gasteiger partial charge in [-0.1, -0.05) is 22.4 Å². The van der Waals surface area contributed by atoms with E-state index in [9.17, 15) is 13.5 Å². The Bertz CT molecular complexity index is 501. The van der Waals surface area contributed by atoms with Crippen molar-refractivity contribution < 1.29 is 13.5 Å². The molecule has 0 spiro atoms. The van der Waals surface area contributed by atoms with Crippen molar-refractivity contribution >= 4 is 26.0 Å². The summed E-state index contributed by atoms with van der Waals surface area (Å²) in [7, 11) is -3.49. The molecule has 18 heavy (non-hydrogen) atoms. The Morgan fingerprint density at radius 1 is 1.28 bits per heavy atom. The zero-order chi connectivity index (χ0) is 13.2. The van der Waals surface area contributed by atoms with Crippen LogP contribution < -0.4 is 4.72 Å². The molecule has 0 aromatic heterocycles. The second kappa shape index (κ2) is 5.69. The summed E-state index contributed by atoms with van der Waals surface area (Å²) in [5.41, 5.74) is 0. The molecule has 2 rings (SSSR count). The fraction of sp³-hybridized carbons (Fsp3) is 0.500. The van der Waals surface area contributed by atoms with E-state index in [-0.39, 0.29) is 23.5 Å². The van der Waals surface area contributed by atoms with Crippen LogP contribution in [0.5, 0.6) is 0 Å². The van der Waals surface area contributed by atoms with E-state index in [1.807, 2.05) is 0 Å². The van der Waals surface area contributed by atoms with Crippen LogP contribution in [0, 0.1) is 5.92 Å². The number of rotatable bonds is 4. The van der Waals surface area contributed by atoms with Gasteiger partial charge in [0.1, 0.15) is 0 Å². The molecular formula is C12H16BrNO3S. The average molecular weight is 334 g/mol. The summed E-state index contributed by atoms with van der Waals surface area (Å²) in [6, 6.07) is 6.38. The number of aliphatic hydroxyl groups excluding tert-OH is 1. The summed E-state index contributed by atoms with van der Waals surface area (Å²) >= 11 is 3.27. The lowest BCUT2D eigenvalue weighted by Crippen LogP contribution is -2.38. The van der Waals surface area contributed by atoms with Gasteiger partial charge in [-0.25, -0.2) is 13.1 Å². The normalized spacial score (nSPS) is 24.3. The van der Waals surface area contributed by atoms with Crippen molar-refractivity contribution in [1.29, 1.82) is 0 Å². The first-order valence-electron chi connectivity index (χ1n) is 5.91. The molecule has 100 valence electrons. The van der Waals surface area contributed by atoms with E-state index in [0.717, 1.165) is 23.7 Å². The highest BCUT2D eigenvalue weighted by molar-refractivity contribution is 9.10. The van der Waals surface area contributed by atoms with Crippen LogP contribution >= 0.6 is 15.9 Å². The third-order valence-electron chi connectivity index (χ3n) is 3.32. The number of nitrogens with one attached hydrogen (secondary N) is 1. The van der Waals surface area contributed by atoms with Gasteiger partial charge in [-0.05, 0) is 43.0 Å². The second-order valence-electron chi connectivity index (χ2n) is 4.56. The molecule has 2 N–H and O–H groups in total. The predicted molar refractivity (Wildman–Crippen MR) is 72.7 cm³/mol. The minimum Gasteiger partial charge on any atom is -0.396 e. The monoisotopic (exact) mass is 333 g/mol. The molecule has 4 nitrogen and oxygen atoms in total. The quantitative estimate of drug-likeness (QED) is 0.884. The zero-order valence-electron chi connectivity index (χ0n) is 9.84. The molecular weight excluding hydrogens is 318 g/mol. The maximum atomic E-state index is 12.2. The van der Waals surface area contributed by atoms with Crippen LogP contribution in [-0.4, -0.2) is 26.2 Å². The highest BCUT2D eigenvalue weighted by Gasteiger charge is 2.30. The Hall–Kier alpha value is -0.430. The molecule has 1 saturated carbocycles. The molecule has 0 radical (unpaired) electrons. The predicted octanol–water partition coefficient (Wildman–Crippen LogP) is 1.89. The van der Waals surface area contributed by atoms with E-state index in [0.29, 0.717) is 0 Å². The van der Waals surface area contributed by atoms with E-state index in [2.05, 4.69) is 20.7 Å². The number of sulfonamides is 1. The lowest BCUT2D eigenvalue weighted by Gasteiger charge is -2.19. The van der Waals surface area contributed by atoms with Crippen molar-refractivity contribution in [2.45, 2.75) is 30.2 Å². The summed E-state index contributed by atoms with van der Waals surface area (Å²) in [6.07, 6.45) is 2.63. The van der Waals surface area contributed by atoms with E-state index < -0.39 is 10.0 Å². The Morgan fingerprint density at radius 2 is 1.94 bits per heavy atom. The van der Waals surface area contributed by atoms with Crippen molar-refractivity contribution in [3.63, 3.8) is 0 Å². The zero-order valence-corrected chi connectivity index (χ0v) is 12.2. The van der Waals surface area contributed by atoms with Crippen molar-refractivity contribution in [3.05, 3.63) is 28.7 Å². The third kappa shape index (κ3) is 3.12. The van der Waals surface area contributed by atoms with Crippen molar-refractivity contribution in [3.8, 4) is 0 Å². The Balaban J connectivity index is 2.14. The van der Waals surface area contributed by atoms with E-state index in [1.54, 1.807) is 24.3 Å². The van der Waals surface area contributed by atoms with E-state index in [4.69, 9.17) is 0 Å². The summed E-state index contributed by atoms with van der Waals surface area (Å²) in [5, 5.41) is 9.20. The highest BCUT2D eigenvalue weighted by atomic mass is 79.9. The van der Waals surface area contributed by atoms with Gasteiger partial charge in [0, 0.05) is 17.1 Å². The Labute approximate surface area is 116 Å². The van der Waals surface area contributed by atoms with Gasteiger partial charge < -0.3 is 5.11 Å². The first kappa shape index (κ1) is 14.0. The number of hydrogen-bond acceptors (Lipinski definition) is 3. The molecule has 2 atom stereocenters. The van der Waals surface area contributed by atoms with Crippen LogP contribution in [0.4, 0.5) is 0 Å². The van der Waals surface area contributed by atoms with Gasteiger partial charge in [0.05, 0.1) is 4.90 Å². The largest absolute Gasteiger partial charge is 0.396 e. The van der Waals surface area contributed by atoms with Gasteiger partial charge in [-0.2, -0.15) is 0 Å². The molecule has 2 unspecified atom stereocenters. The van der Waals surface area contributed by atoms with E-state index in [1.165, 1.54) is 0 Å². The molecule has 1 fully saturated rings. The maximum Gasteiger partial charge on any atom is 0.240 e. The highest BCUT2D eigenvalue weighted by Crippen LogP contribution is 2.26. The standard InChI is InChI=1S/C12H16BrNO3S/c13-10-4-6-11(7-5-10)18(16,17)14-12-3-1-2-9(12)8-15/h4-7,9,12,14-15H,1-3,8H2. The van der Waals surface area contributed by atoms with Gasteiger partial charge >= 0.3 is 0 Å². The molecule has 6 heteroatoms. The molecule has 1 aromatic rings. The first-order chi connectivity index (χ1) is 8.53. The lowest BCUT2D eigenvalue weighted by atomic mass is 10.1. The molecule has 1 aliphatic carbocycles. The summed E-state index contributed by atoms with van der Waals surface area (Å²) in [4.78, 5) is 0.259. The van der Waals surface area contributed by atoms with Crippen LogP contribution in [0.1, 0.15) is 19.3 Å². The minimum atomic E-state index is -3.49. The summed E-state index contributed by atoms with van der Waals surface area (Å²) in [5.74, 6) is 0.0372. The topological polar surface area (TPSA) is 66.4 Å². The molecule has 0 aliphatic heterocycles. The van der Waals surface area contributed by atoms with Crippen LogP contribution in [-0.2, 0) is 10.0 Å². The first-order valence-corrected chi connectivity index (χ1v) is 8.19. The fourth-order valence-corrected chi connectivity index (χ4v) is 3.90. The smallest absolute Gasteiger partial charge is 0.240 e. The Morgan fingerprint density at radius 3 is 2.56 bits per heavy atom. The number of halogens is 1. The van der Waals surface area contributed by atoms with Gasteiger partial charge in [0.25, 0.3) is 0 Å². The van der Waals surface area contributed by atoms with Crippen molar-refractivity contribution in [2.24, 2.45) is 5.92 Å². The van der Waals surface area contributed by atoms with Crippen LogP contribution in [0.2, 0.25) is 0 Å². The number of benzene rings is 1. The lowest BCUT2D eigenvalue weighted by molar-refractivity contribution is 0.213. The van der Waals surface area contributed by atoms with Gasteiger partial charge in [-0.15, -0.1) is 0 Å². The van der Waals surface area contributed by atoms with Gasteiger partial charge in [0.2, 0.25) is 10.0 Å². The van der Waals surface area contributed by atoms with Crippen molar-refractivity contribution in [1.82, 2.24) is 4.72 Å². The van der Waals surface area contributed by atoms with Crippen molar-refractivity contribution in [2.75, 3.05) is 6.61 Å². The number of aliphatic hydroxyl groups is 1. The minimum absolute atomic E-state index is 0.0352. The second-order valence-corrected chi connectivity index (χ2v) is 7.18. The van der Waals surface area contributed by atoms with Gasteiger partial charge in [0.15, 0.2) is 0 Å². The molecule has 0 saturated heterocycles. The molecule has 0 heterocycles. The summed E-state index contributed by atoms with van der Waals surface area (Å²) in [6.45, 7) is 0.0352. The SMILES string of the molecule is O=S(=O)(NC1CCCC1CO)c1ccc(Br)cc1. The maximum absolute atomic E-state index is 12.2.